The van der Waals surface area contributed by atoms with E-state index in [9.17, 15) is 0 Å². The topological polar surface area (TPSA) is 65.5 Å². The third kappa shape index (κ3) is 6.68. The molecular formula is C14H25N3O3. The second-order valence-electron chi connectivity index (χ2n) is 4.44. The van der Waals surface area contributed by atoms with Crippen LogP contribution in [0.5, 0.6) is 5.88 Å². The van der Waals surface area contributed by atoms with E-state index >= 15 is 0 Å². The molecule has 0 aromatic carbocycles. The van der Waals surface area contributed by atoms with E-state index in [4.69, 9.17) is 14.2 Å². The fourth-order valence-electron chi connectivity index (χ4n) is 1.51. The fourth-order valence-corrected chi connectivity index (χ4v) is 1.51. The van der Waals surface area contributed by atoms with Gasteiger partial charge in [0.2, 0.25) is 5.88 Å². The lowest BCUT2D eigenvalue weighted by Gasteiger charge is -2.11. The largest absolute Gasteiger partial charge is 0.475 e. The molecule has 0 atom stereocenters. The Labute approximate surface area is 120 Å². The van der Waals surface area contributed by atoms with Gasteiger partial charge in [0, 0.05) is 19.2 Å². The van der Waals surface area contributed by atoms with E-state index in [2.05, 4.69) is 15.3 Å². The molecule has 0 aliphatic rings. The van der Waals surface area contributed by atoms with E-state index in [1.165, 1.54) is 0 Å². The Hall–Kier alpha value is -1.40. The van der Waals surface area contributed by atoms with Crippen molar-refractivity contribution < 1.29 is 14.2 Å². The Morgan fingerprint density at radius 1 is 1.20 bits per heavy atom. The highest BCUT2D eigenvalue weighted by atomic mass is 16.5. The van der Waals surface area contributed by atoms with Gasteiger partial charge in [-0.2, -0.15) is 4.98 Å². The highest BCUT2D eigenvalue weighted by molar-refractivity contribution is 5.38. The summed E-state index contributed by atoms with van der Waals surface area (Å²) in [5.41, 5.74) is 0. The van der Waals surface area contributed by atoms with Crippen LogP contribution in [-0.2, 0) is 16.1 Å². The molecule has 20 heavy (non-hydrogen) atoms. The van der Waals surface area contributed by atoms with Crippen molar-refractivity contribution in [3.05, 3.63) is 11.9 Å². The minimum atomic E-state index is 0.204. The number of aromatic nitrogens is 2. The molecule has 1 heterocycles. The van der Waals surface area contributed by atoms with Gasteiger partial charge in [0.25, 0.3) is 0 Å². The molecule has 114 valence electrons. The van der Waals surface area contributed by atoms with Crippen LogP contribution in [0.4, 0.5) is 5.82 Å². The van der Waals surface area contributed by atoms with Gasteiger partial charge < -0.3 is 19.5 Å². The van der Waals surface area contributed by atoms with Crippen molar-refractivity contribution in [1.29, 1.82) is 0 Å². The molecular weight excluding hydrogens is 258 g/mol. The van der Waals surface area contributed by atoms with E-state index in [1.807, 2.05) is 27.7 Å². The van der Waals surface area contributed by atoms with Crippen LogP contribution in [0.15, 0.2) is 6.07 Å². The minimum Gasteiger partial charge on any atom is -0.475 e. The van der Waals surface area contributed by atoms with E-state index in [0.717, 1.165) is 12.4 Å². The summed E-state index contributed by atoms with van der Waals surface area (Å²) >= 11 is 0. The van der Waals surface area contributed by atoms with Gasteiger partial charge in [-0.15, -0.1) is 0 Å². The van der Waals surface area contributed by atoms with E-state index in [0.29, 0.717) is 38.1 Å². The molecule has 0 aliphatic heterocycles. The van der Waals surface area contributed by atoms with E-state index in [-0.39, 0.29) is 6.10 Å². The Bertz CT molecular complexity index is 386. The van der Waals surface area contributed by atoms with Gasteiger partial charge in [-0.1, -0.05) is 0 Å². The Balaban J connectivity index is 2.60. The zero-order valence-electron chi connectivity index (χ0n) is 12.8. The number of hydrogen-bond donors (Lipinski definition) is 1. The number of anilines is 1. The second-order valence-corrected chi connectivity index (χ2v) is 4.44. The first-order valence-electron chi connectivity index (χ1n) is 7.09. The molecule has 1 rings (SSSR count). The van der Waals surface area contributed by atoms with Gasteiger partial charge in [0.05, 0.1) is 12.7 Å². The van der Waals surface area contributed by atoms with Crippen LogP contribution in [0.1, 0.15) is 33.5 Å². The summed E-state index contributed by atoms with van der Waals surface area (Å²) < 4.78 is 16.4. The van der Waals surface area contributed by atoms with Crippen LogP contribution in [0.3, 0.4) is 0 Å². The molecule has 0 unspecified atom stereocenters. The summed E-state index contributed by atoms with van der Waals surface area (Å²) in [6, 6.07) is 1.79. The molecule has 0 fully saturated rings. The molecule has 0 radical (unpaired) electrons. The summed E-state index contributed by atoms with van der Waals surface area (Å²) in [6.45, 7) is 10.8. The molecule has 0 saturated heterocycles. The van der Waals surface area contributed by atoms with Crippen LogP contribution >= 0.6 is 0 Å². The van der Waals surface area contributed by atoms with Gasteiger partial charge in [-0.3, -0.25) is 0 Å². The highest BCUT2D eigenvalue weighted by Gasteiger charge is 2.06. The predicted molar refractivity (Wildman–Crippen MR) is 78.1 cm³/mol. The van der Waals surface area contributed by atoms with Crippen molar-refractivity contribution in [2.75, 3.05) is 31.7 Å². The fraction of sp³-hybridized carbons (Fsp3) is 0.714. The van der Waals surface area contributed by atoms with Gasteiger partial charge in [0.1, 0.15) is 19.0 Å². The van der Waals surface area contributed by atoms with E-state index in [1.54, 1.807) is 6.07 Å². The number of ether oxygens (including phenoxy) is 3. The molecule has 1 aromatic heterocycles. The van der Waals surface area contributed by atoms with Crippen LogP contribution < -0.4 is 10.1 Å². The Kier molecular flexibility index (Phi) is 7.91. The molecule has 6 nitrogen and oxygen atoms in total. The zero-order chi connectivity index (χ0) is 14.8. The molecule has 0 saturated carbocycles. The summed E-state index contributed by atoms with van der Waals surface area (Å²) in [5, 5.41) is 3.16. The smallest absolute Gasteiger partial charge is 0.218 e. The first kappa shape index (κ1) is 16.7. The van der Waals surface area contributed by atoms with Gasteiger partial charge >= 0.3 is 0 Å². The van der Waals surface area contributed by atoms with Crippen LogP contribution in [0.25, 0.3) is 0 Å². The molecule has 0 aliphatic carbocycles. The zero-order valence-corrected chi connectivity index (χ0v) is 12.8. The highest BCUT2D eigenvalue weighted by Crippen LogP contribution is 2.14. The number of hydrogen-bond acceptors (Lipinski definition) is 6. The maximum absolute atomic E-state index is 5.59. The van der Waals surface area contributed by atoms with Crippen LogP contribution in [0.2, 0.25) is 0 Å². The number of nitrogens with one attached hydrogen (secondary N) is 1. The maximum Gasteiger partial charge on any atom is 0.218 e. The van der Waals surface area contributed by atoms with Crippen molar-refractivity contribution in [3.8, 4) is 5.88 Å². The van der Waals surface area contributed by atoms with Crippen molar-refractivity contribution in [2.24, 2.45) is 0 Å². The van der Waals surface area contributed by atoms with E-state index < -0.39 is 0 Å². The number of nitrogens with zero attached hydrogens (tertiary/aromatic N) is 2. The van der Waals surface area contributed by atoms with Gasteiger partial charge in [0.15, 0.2) is 5.82 Å². The molecule has 0 bridgehead atoms. The standard InChI is InChI=1S/C14H25N3O3/c1-5-15-12-9-14(20-8-7-19-11(3)4)17-13(16-12)10-18-6-2/h9,11H,5-8,10H2,1-4H3,(H,15,16,17). The summed E-state index contributed by atoms with van der Waals surface area (Å²) in [4.78, 5) is 8.67. The first-order valence-corrected chi connectivity index (χ1v) is 7.09. The van der Waals surface area contributed by atoms with Gasteiger partial charge in [-0.25, -0.2) is 4.98 Å². The van der Waals surface area contributed by atoms with Crippen molar-refractivity contribution in [3.63, 3.8) is 0 Å². The lowest BCUT2D eigenvalue weighted by atomic mass is 10.5. The Morgan fingerprint density at radius 3 is 2.65 bits per heavy atom. The third-order valence-electron chi connectivity index (χ3n) is 2.33. The lowest BCUT2D eigenvalue weighted by Crippen LogP contribution is -2.13. The van der Waals surface area contributed by atoms with Crippen molar-refractivity contribution in [1.82, 2.24) is 9.97 Å². The number of rotatable bonds is 10. The molecule has 1 aromatic rings. The molecule has 0 spiro atoms. The normalized spacial score (nSPS) is 10.8. The van der Waals surface area contributed by atoms with Crippen LogP contribution in [-0.4, -0.2) is 42.4 Å². The lowest BCUT2D eigenvalue weighted by molar-refractivity contribution is 0.0540. The van der Waals surface area contributed by atoms with Crippen molar-refractivity contribution >= 4 is 5.82 Å². The molecule has 1 N–H and O–H groups in total. The SMILES string of the molecule is CCNc1cc(OCCOC(C)C)nc(COCC)n1. The first-order chi connectivity index (χ1) is 9.65. The van der Waals surface area contributed by atoms with Crippen LogP contribution in [0, 0.1) is 0 Å². The average Bonchev–Trinajstić information content (AvgIpc) is 2.41. The third-order valence-corrected chi connectivity index (χ3v) is 2.33. The summed E-state index contributed by atoms with van der Waals surface area (Å²) in [5.74, 6) is 1.90. The average molecular weight is 283 g/mol. The Morgan fingerprint density at radius 2 is 2.00 bits per heavy atom. The predicted octanol–water partition coefficient (Wildman–Crippen LogP) is 2.25. The summed E-state index contributed by atoms with van der Waals surface area (Å²) in [6.07, 6.45) is 0.204. The summed E-state index contributed by atoms with van der Waals surface area (Å²) in [7, 11) is 0. The monoisotopic (exact) mass is 283 g/mol. The quantitative estimate of drug-likeness (QED) is 0.664. The molecule has 6 heteroatoms. The molecule has 0 amide bonds. The second kappa shape index (κ2) is 9.50. The van der Waals surface area contributed by atoms with Crippen molar-refractivity contribution in [2.45, 2.75) is 40.4 Å². The minimum absolute atomic E-state index is 0.204. The maximum atomic E-state index is 5.59. The van der Waals surface area contributed by atoms with Gasteiger partial charge in [-0.05, 0) is 27.7 Å².